The van der Waals surface area contributed by atoms with E-state index in [1.165, 1.54) is 6.07 Å². The molecule has 1 aromatic carbocycles. The van der Waals surface area contributed by atoms with Gasteiger partial charge in [0.25, 0.3) is 5.91 Å². The molecule has 2 amide bonds. The molecule has 1 fully saturated rings. The zero-order chi connectivity index (χ0) is 19.8. The molecule has 1 aromatic rings. The molecular formula is C20H28N2O5. The summed E-state index contributed by atoms with van der Waals surface area (Å²) in [6, 6.07) is 6.48. The van der Waals surface area contributed by atoms with Crippen LogP contribution in [0, 0.1) is 5.92 Å². The number of carbonyl (C=O) groups is 3. The maximum Gasteiger partial charge on any atom is 0.341 e. The van der Waals surface area contributed by atoms with Crippen molar-refractivity contribution in [2.45, 2.75) is 45.6 Å². The van der Waals surface area contributed by atoms with Gasteiger partial charge < -0.3 is 20.1 Å². The van der Waals surface area contributed by atoms with Gasteiger partial charge in [-0.05, 0) is 43.9 Å². The van der Waals surface area contributed by atoms with Gasteiger partial charge in [0.1, 0.15) is 5.75 Å². The van der Waals surface area contributed by atoms with Crippen molar-refractivity contribution < 1.29 is 24.2 Å². The highest BCUT2D eigenvalue weighted by molar-refractivity contribution is 5.94. The zero-order valence-electron chi connectivity index (χ0n) is 15.9. The van der Waals surface area contributed by atoms with Crippen LogP contribution < -0.4 is 10.1 Å². The summed E-state index contributed by atoms with van der Waals surface area (Å²) in [6.07, 6.45) is 3.16. The van der Waals surface area contributed by atoms with Gasteiger partial charge in [0.15, 0.2) is 6.61 Å². The number of carboxylic acids is 1. The molecule has 0 radical (unpaired) electrons. The molecule has 7 nitrogen and oxygen atoms in total. The lowest BCUT2D eigenvalue weighted by molar-refractivity contribution is -0.139. The molecule has 1 heterocycles. The number of nitrogens with zero attached hydrogens (tertiary/aromatic N) is 1. The van der Waals surface area contributed by atoms with E-state index in [4.69, 9.17) is 9.84 Å². The lowest BCUT2D eigenvalue weighted by Crippen LogP contribution is -2.48. The van der Waals surface area contributed by atoms with E-state index in [0.717, 1.165) is 25.7 Å². The van der Waals surface area contributed by atoms with Crippen LogP contribution in [0.2, 0.25) is 0 Å². The van der Waals surface area contributed by atoms with E-state index in [1.54, 1.807) is 18.2 Å². The van der Waals surface area contributed by atoms with Gasteiger partial charge in [-0.15, -0.1) is 0 Å². The van der Waals surface area contributed by atoms with Crippen molar-refractivity contribution in [3.05, 3.63) is 29.8 Å². The van der Waals surface area contributed by atoms with Crippen LogP contribution >= 0.6 is 0 Å². The van der Waals surface area contributed by atoms with Gasteiger partial charge in [-0.2, -0.15) is 0 Å². The average molecular weight is 376 g/mol. The van der Waals surface area contributed by atoms with Crippen molar-refractivity contribution in [3.8, 4) is 5.75 Å². The van der Waals surface area contributed by atoms with Crippen LogP contribution in [-0.2, 0) is 9.59 Å². The van der Waals surface area contributed by atoms with E-state index in [9.17, 15) is 14.4 Å². The second kappa shape index (κ2) is 9.94. The summed E-state index contributed by atoms with van der Waals surface area (Å²) in [5.41, 5.74) is 0.424. The molecular weight excluding hydrogens is 348 g/mol. The number of nitrogens with one attached hydrogen (secondary N) is 1. The average Bonchev–Trinajstić information content (AvgIpc) is 2.68. The molecule has 0 aliphatic carbocycles. The van der Waals surface area contributed by atoms with Gasteiger partial charge in [0.2, 0.25) is 5.91 Å². The number of aliphatic carboxylic acids is 1. The third kappa shape index (κ3) is 5.98. The van der Waals surface area contributed by atoms with Crippen molar-refractivity contribution >= 4 is 17.8 Å². The van der Waals surface area contributed by atoms with Crippen LogP contribution in [0.4, 0.5) is 0 Å². The number of hydrogen-bond acceptors (Lipinski definition) is 4. The largest absolute Gasteiger partial charge is 0.482 e. The van der Waals surface area contributed by atoms with Crippen LogP contribution in [0.15, 0.2) is 24.3 Å². The number of rotatable bonds is 8. The Labute approximate surface area is 159 Å². The van der Waals surface area contributed by atoms with E-state index in [1.807, 2.05) is 18.7 Å². The minimum absolute atomic E-state index is 0.0202. The summed E-state index contributed by atoms with van der Waals surface area (Å²) in [4.78, 5) is 37.4. The van der Waals surface area contributed by atoms with Crippen LogP contribution in [0.1, 0.15) is 49.9 Å². The van der Waals surface area contributed by atoms with Crippen molar-refractivity contribution in [2.24, 2.45) is 5.92 Å². The second-order valence-corrected chi connectivity index (χ2v) is 6.80. The molecule has 1 saturated heterocycles. The molecule has 0 spiro atoms. The molecule has 7 heteroatoms. The Kier molecular flexibility index (Phi) is 7.64. The van der Waals surface area contributed by atoms with Crippen LogP contribution in [0.5, 0.6) is 5.75 Å². The predicted octanol–water partition coefficient (Wildman–Crippen LogP) is 2.31. The summed E-state index contributed by atoms with van der Waals surface area (Å²) < 4.78 is 5.11. The highest BCUT2D eigenvalue weighted by Crippen LogP contribution is 2.18. The van der Waals surface area contributed by atoms with Crippen molar-refractivity contribution in [1.82, 2.24) is 10.2 Å². The number of amides is 2. The normalized spacial score (nSPS) is 14.9. The maximum atomic E-state index is 12.5. The summed E-state index contributed by atoms with van der Waals surface area (Å²) >= 11 is 0. The summed E-state index contributed by atoms with van der Waals surface area (Å²) in [5.74, 6) is -0.645. The van der Waals surface area contributed by atoms with Crippen LogP contribution in [0.25, 0.3) is 0 Å². The number of carbonyl (C=O) groups excluding carboxylic acids is 2. The van der Waals surface area contributed by atoms with Crippen LogP contribution in [0.3, 0.4) is 0 Å². The number of carboxylic acid groups (broad SMARTS) is 1. The van der Waals surface area contributed by atoms with Crippen LogP contribution in [-0.4, -0.2) is 53.5 Å². The number of piperidine rings is 1. The summed E-state index contributed by atoms with van der Waals surface area (Å²) in [7, 11) is 0. The first-order valence-corrected chi connectivity index (χ1v) is 9.48. The molecule has 148 valence electrons. The summed E-state index contributed by atoms with van der Waals surface area (Å²) in [5, 5.41) is 11.7. The Bertz CT molecular complexity index is 664. The third-order valence-corrected chi connectivity index (χ3v) is 4.94. The Hall–Kier alpha value is -2.57. The molecule has 1 aliphatic rings. The highest BCUT2D eigenvalue weighted by atomic mass is 16.5. The van der Waals surface area contributed by atoms with Crippen molar-refractivity contribution in [1.29, 1.82) is 0 Å². The number of benzene rings is 1. The zero-order valence-corrected chi connectivity index (χ0v) is 15.9. The lowest BCUT2D eigenvalue weighted by atomic mass is 9.98. The quantitative estimate of drug-likeness (QED) is 0.726. The standard InChI is InChI=1S/C20H28N2O5/c1-3-14(4-2)20(26)22-10-8-16(9-11-22)21-19(25)15-6-5-7-17(12-15)27-13-18(23)24/h5-7,12,14,16H,3-4,8-11,13H2,1-2H3,(H,21,25)(H,23,24). The van der Waals surface area contributed by atoms with E-state index in [2.05, 4.69) is 5.32 Å². The molecule has 0 saturated carbocycles. The van der Waals surface area contributed by atoms with E-state index in [0.29, 0.717) is 24.4 Å². The molecule has 27 heavy (non-hydrogen) atoms. The Morgan fingerprint density at radius 1 is 1.22 bits per heavy atom. The molecule has 2 N–H and O–H groups in total. The predicted molar refractivity (Wildman–Crippen MR) is 101 cm³/mol. The van der Waals surface area contributed by atoms with Gasteiger partial charge in [-0.25, -0.2) is 4.79 Å². The van der Waals surface area contributed by atoms with E-state index >= 15 is 0 Å². The maximum absolute atomic E-state index is 12.5. The molecule has 0 aromatic heterocycles. The fraction of sp³-hybridized carbons (Fsp3) is 0.550. The Balaban J connectivity index is 1.86. The topological polar surface area (TPSA) is 95.9 Å². The third-order valence-electron chi connectivity index (χ3n) is 4.94. The second-order valence-electron chi connectivity index (χ2n) is 6.80. The van der Waals surface area contributed by atoms with Gasteiger partial charge in [-0.1, -0.05) is 19.9 Å². The molecule has 2 rings (SSSR count). The molecule has 0 unspecified atom stereocenters. The Morgan fingerprint density at radius 2 is 1.89 bits per heavy atom. The number of hydrogen-bond donors (Lipinski definition) is 2. The minimum atomic E-state index is -1.07. The Morgan fingerprint density at radius 3 is 2.48 bits per heavy atom. The van der Waals surface area contributed by atoms with E-state index < -0.39 is 12.6 Å². The fourth-order valence-electron chi connectivity index (χ4n) is 3.28. The molecule has 0 atom stereocenters. The van der Waals surface area contributed by atoms with Crippen molar-refractivity contribution in [2.75, 3.05) is 19.7 Å². The highest BCUT2D eigenvalue weighted by Gasteiger charge is 2.27. The molecule has 1 aliphatic heterocycles. The first kappa shape index (κ1) is 20.7. The summed E-state index contributed by atoms with van der Waals surface area (Å²) in [6.45, 7) is 4.93. The SMILES string of the molecule is CCC(CC)C(=O)N1CCC(NC(=O)c2cccc(OCC(=O)O)c2)CC1. The lowest BCUT2D eigenvalue weighted by Gasteiger charge is -2.34. The first-order valence-electron chi connectivity index (χ1n) is 9.48. The van der Waals surface area contributed by atoms with Crippen molar-refractivity contribution in [3.63, 3.8) is 0 Å². The monoisotopic (exact) mass is 376 g/mol. The van der Waals surface area contributed by atoms with Gasteiger partial charge in [0, 0.05) is 30.6 Å². The number of ether oxygens (including phenoxy) is 1. The molecule has 0 bridgehead atoms. The van der Waals surface area contributed by atoms with E-state index in [-0.39, 0.29) is 23.8 Å². The van der Waals surface area contributed by atoms with Gasteiger partial charge in [0.05, 0.1) is 0 Å². The van der Waals surface area contributed by atoms with Gasteiger partial charge >= 0.3 is 5.97 Å². The smallest absolute Gasteiger partial charge is 0.341 e. The minimum Gasteiger partial charge on any atom is -0.482 e. The number of likely N-dealkylation sites (tertiary alicyclic amines) is 1. The fourth-order valence-corrected chi connectivity index (χ4v) is 3.28. The first-order chi connectivity index (χ1) is 12.9. The van der Waals surface area contributed by atoms with Gasteiger partial charge in [-0.3, -0.25) is 9.59 Å².